The standard InChI is InChI=1S/C26H30FN3O2/c1-17-12-18(2)24-20(13-17)14-21(25(31)29-24)16-30(15-19-8-10-22(27)11-9-19)26(32)28-23-6-4-3-5-7-23/h8-14,23H,3-7,15-16H2,1-2H3,(H,28,32)(H,29,31). The third-order valence-electron chi connectivity index (χ3n) is 6.24. The highest BCUT2D eigenvalue weighted by atomic mass is 19.1. The molecular weight excluding hydrogens is 405 g/mol. The Morgan fingerprint density at radius 1 is 1.06 bits per heavy atom. The van der Waals surface area contributed by atoms with Crippen molar-refractivity contribution in [1.29, 1.82) is 0 Å². The summed E-state index contributed by atoms with van der Waals surface area (Å²) in [5.41, 5.74) is 4.10. The largest absolute Gasteiger partial charge is 0.335 e. The van der Waals surface area contributed by atoms with E-state index in [-0.39, 0.29) is 30.0 Å². The number of nitrogens with zero attached hydrogens (tertiary/aromatic N) is 1. The number of urea groups is 1. The topological polar surface area (TPSA) is 65.2 Å². The molecule has 0 spiro atoms. The molecule has 32 heavy (non-hydrogen) atoms. The third kappa shape index (κ3) is 5.18. The van der Waals surface area contributed by atoms with Gasteiger partial charge in [0.25, 0.3) is 5.56 Å². The molecule has 0 aliphatic heterocycles. The molecule has 5 nitrogen and oxygen atoms in total. The van der Waals surface area contributed by atoms with Crippen molar-refractivity contribution in [2.24, 2.45) is 0 Å². The summed E-state index contributed by atoms with van der Waals surface area (Å²) >= 11 is 0. The van der Waals surface area contributed by atoms with Crippen molar-refractivity contribution in [1.82, 2.24) is 15.2 Å². The van der Waals surface area contributed by atoms with Crippen molar-refractivity contribution >= 4 is 16.9 Å². The van der Waals surface area contributed by atoms with Gasteiger partial charge in [0.05, 0.1) is 12.1 Å². The summed E-state index contributed by atoms with van der Waals surface area (Å²) in [5.74, 6) is -0.316. The van der Waals surface area contributed by atoms with Gasteiger partial charge >= 0.3 is 6.03 Å². The fraction of sp³-hybridized carbons (Fsp3) is 0.385. The van der Waals surface area contributed by atoms with Crippen molar-refractivity contribution < 1.29 is 9.18 Å². The van der Waals surface area contributed by atoms with Gasteiger partial charge in [-0.05, 0) is 67.5 Å². The molecule has 2 N–H and O–H groups in total. The summed E-state index contributed by atoms with van der Waals surface area (Å²) < 4.78 is 13.4. The highest BCUT2D eigenvalue weighted by Gasteiger charge is 2.21. The number of carbonyl (C=O) groups excluding carboxylic acids is 1. The number of pyridine rings is 1. The fourth-order valence-electron chi connectivity index (χ4n) is 4.58. The Morgan fingerprint density at radius 2 is 1.78 bits per heavy atom. The van der Waals surface area contributed by atoms with Crippen LogP contribution in [0.1, 0.15) is 54.4 Å². The van der Waals surface area contributed by atoms with Gasteiger partial charge in [-0.15, -0.1) is 0 Å². The molecule has 2 amide bonds. The Balaban J connectivity index is 1.62. The van der Waals surface area contributed by atoms with Crippen LogP contribution in [0.4, 0.5) is 9.18 Å². The zero-order valence-electron chi connectivity index (χ0n) is 18.7. The number of fused-ring (bicyclic) bond motifs is 1. The predicted octanol–water partition coefficient (Wildman–Crippen LogP) is 5.33. The number of carbonyl (C=O) groups is 1. The van der Waals surface area contributed by atoms with E-state index in [1.54, 1.807) is 17.0 Å². The highest BCUT2D eigenvalue weighted by Crippen LogP contribution is 2.20. The first-order chi connectivity index (χ1) is 15.4. The first-order valence-electron chi connectivity index (χ1n) is 11.3. The van der Waals surface area contributed by atoms with Gasteiger partial charge in [0.15, 0.2) is 0 Å². The molecule has 0 radical (unpaired) electrons. The molecule has 1 heterocycles. The SMILES string of the molecule is Cc1cc(C)c2[nH]c(=O)c(CN(Cc3ccc(F)cc3)C(=O)NC3CCCCC3)cc2c1. The average molecular weight is 436 g/mol. The van der Waals surface area contributed by atoms with Crippen molar-refractivity contribution in [3.8, 4) is 0 Å². The zero-order valence-corrected chi connectivity index (χ0v) is 18.7. The number of nitrogens with one attached hydrogen (secondary N) is 2. The number of benzene rings is 2. The Bertz CT molecular complexity index is 1160. The molecule has 1 saturated carbocycles. The zero-order chi connectivity index (χ0) is 22.7. The van der Waals surface area contributed by atoms with Crippen LogP contribution in [0.2, 0.25) is 0 Å². The molecule has 1 aromatic heterocycles. The van der Waals surface area contributed by atoms with Crippen LogP contribution in [0.15, 0.2) is 47.3 Å². The van der Waals surface area contributed by atoms with Crippen LogP contribution < -0.4 is 10.9 Å². The Morgan fingerprint density at radius 3 is 2.50 bits per heavy atom. The van der Waals surface area contributed by atoms with Crippen molar-refractivity contribution in [2.45, 2.75) is 65.1 Å². The van der Waals surface area contributed by atoms with Crippen LogP contribution in [0, 0.1) is 19.7 Å². The molecule has 1 aliphatic carbocycles. The monoisotopic (exact) mass is 435 g/mol. The van der Waals surface area contributed by atoms with E-state index in [9.17, 15) is 14.0 Å². The van der Waals surface area contributed by atoms with Crippen LogP contribution in [0.3, 0.4) is 0 Å². The molecule has 1 aliphatic rings. The normalized spacial score (nSPS) is 14.5. The van der Waals surface area contributed by atoms with Gasteiger partial charge in [-0.1, -0.05) is 43.0 Å². The van der Waals surface area contributed by atoms with Gasteiger partial charge in [0.2, 0.25) is 0 Å². The lowest BCUT2D eigenvalue weighted by Gasteiger charge is -2.28. The number of aromatic amines is 1. The molecule has 1 fully saturated rings. The fourth-order valence-corrected chi connectivity index (χ4v) is 4.58. The van der Waals surface area contributed by atoms with E-state index in [2.05, 4.69) is 10.3 Å². The number of hydrogen-bond donors (Lipinski definition) is 2. The predicted molar refractivity (Wildman–Crippen MR) is 125 cm³/mol. The molecule has 0 bridgehead atoms. The summed E-state index contributed by atoms with van der Waals surface area (Å²) in [7, 11) is 0. The summed E-state index contributed by atoms with van der Waals surface area (Å²) in [4.78, 5) is 30.7. The van der Waals surface area contributed by atoms with Gasteiger partial charge in [0, 0.05) is 18.2 Å². The van der Waals surface area contributed by atoms with Gasteiger partial charge in [-0.25, -0.2) is 9.18 Å². The van der Waals surface area contributed by atoms with E-state index < -0.39 is 0 Å². The number of rotatable bonds is 5. The van der Waals surface area contributed by atoms with Crippen molar-refractivity contribution in [3.05, 3.63) is 80.9 Å². The van der Waals surface area contributed by atoms with E-state index in [0.29, 0.717) is 12.1 Å². The lowest BCUT2D eigenvalue weighted by atomic mass is 9.96. The second kappa shape index (κ2) is 9.55. The van der Waals surface area contributed by atoms with Gasteiger partial charge in [-0.3, -0.25) is 4.79 Å². The molecular formula is C26H30FN3O2. The molecule has 6 heteroatoms. The number of amides is 2. The number of aryl methyl sites for hydroxylation is 2. The lowest BCUT2D eigenvalue weighted by molar-refractivity contribution is 0.184. The Labute approximate surface area is 187 Å². The molecule has 0 saturated heterocycles. The Hall–Kier alpha value is -3.15. The maximum Gasteiger partial charge on any atom is 0.318 e. The van der Waals surface area contributed by atoms with Gasteiger partial charge in [0.1, 0.15) is 5.82 Å². The average Bonchev–Trinajstić information content (AvgIpc) is 2.76. The summed E-state index contributed by atoms with van der Waals surface area (Å²) in [6.45, 7) is 4.47. The van der Waals surface area contributed by atoms with Gasteiger partial charge < -0.3 is 15.2 Å². The number of hydrogen-bond acceptors (Lipinski definition) is 2. The first-order valence-corrected chi connectivity index (χ1v) is 11.3. The van der Waals surface area contributed by atoms with Crippen LogP contribution in [-0.2, 0) is 13.1 Å². The molecule has 168 valence electrons. The van der Waals surface area contributed by atoms with Crippen LogP contribution >= 0.6 is 0 Å². The van der Waals surface area contributed by atoms with Crippen molar-refractivity contribution in [2.75, 3.05) is 0 Å². The smallest absolute Gasteiger partial charge is 0.318 e. The molecule has 4 rings (SSSR count). The highest BCUT2D eigenvalue weighted by molar-refractivity contribution is 5.83. The minimum Gasteiger partial charge on any atom is -0.335 e. The molecule has 0 unspecified atom stereocenters. The summed E-state index contributed by atoms with van der Waals surface area (Å²) in [6, 6.07) is 12.0. The molecule has 0 atom stereocenters. The number of H-pyrrole nitrogens is 1. The van der Waals surface area contributed by atoms with Crippen LogP contribution in [0.5, 0.6) is 0 Å². The van der Waals surface area contributed by atoms with E-state index >= 15 is 0 Å². The summed E-state index contributed by atoms with van der Waals surface area (Å²) in [6.07, 6.45) is 5.39. The van der Waals surface area contributed by atoms with Gasteiger partial charge in [-0.2, -0.15) is 0 Å². The van der Waals surface area contributed by atoms with Crippen molar-refractivity contribution in [3.63, 3.8) is 0 Å². The summed E-state index contributed by atoms with van der Waals surface area (Å²) in [5, 5.41) is 4.10. The van der Waals surface area contributed by atoms with Crippen LogP contribution in [0.25, 0.3) is 10.9 Å². The molecule has 3 aromatic rings. The minimum atomic E-state index is -0.316. The Kier molecular flexibility index (Phi) is 6.58. The third-order valence-corrected chi connectivity index (χ3v) is 6.24. The lowest BCUT2D eigenvalue weighted by Crippen LogP contribution is -2.45. The number of halogens is 1. The quantitative estimate of drug-likeness (QED) is 0.569. The molecule has 2 aromatic carbocycles. The second-order valence-electron chi connectivity index (χ2n) is 8.94. The van der Waals surface area contributed by atoms with E-state index in [4.69, 9.17) is 0 Å². The maximum absolute atomic E-state index is 13.4. The maximum atomic E-state index is 13.4. The van der Waals surface area contributed by atoms with E-state index in [1.165, 1.54) is 18.6 Å². The van der Waals surface area contributed by atoms with E-state index in [1.807, 2.05) is 32.0 Å². The number of aromatic nitrogens is 1. The second-order valence-corrected chi connectivity index (χ2v) is 8.94. The first kappa shape index (κ1) is 22.1. The van der Waals surface area contributed by atoms with E-state index in [0.717, 1.165) is 53.3 Å². The minimum absolute atomic E-state index is 0.159. The van der Waals surface area contributed by atoms with Crippen LogP contribution in [-0.4, -0.2) is 22.0 Å².